The fraction of sp³-hybridized carbons (Fsp3) is 0.889. The van der Waals surface area contributed by atoms with E-state index in [0.29, 0.717) is 13.1 Å². The van der Waals surface area contributed by atoms with Crippen LogP contribution in [0.25, 0.3) is 0 Å². The zero-order valence-electron chi connectivity index (χ0n) is 26.0. The number of carbonyl (C=O) groups excluding carboxylic acids is 3. The minimum absolute atomic E-state index is 0.0447. The summed E-state index contributed by atoms with van der Waals surface area (Å²) >= 11 is 0.960. The van der Waals surface area contributed by atoms with E-state index in [1.54, 1.807) is 0 Å². The maximum absolute atomic E-state index is 13.3. The van der Waals surface area contributed by atoms with Crippen molar-refractivity contribution in [2.45, 2.75) is 78.9 Å². The van der Waals surface area contributed by atoms with Gasteiger partial charge in [0.2, 0.25) is 11.8 Å². The fourth-order valence-electron chi connectivity index (χ4n) is 6.46. The largest absolute Gasteiger partial charge is 0.388 e. The van der Waals surface area contributed by atoms with Crippen LogP contribution in [0.4, 0.5) is 0 Å². The van der Waals surface area contributed by atoms with Crippen molar-refractivity contribution in [2.75, 3.05) is 70.7 Å². The smallest absolute Gasteiger partial charge is 0.233 e. The van der Waals surface area contributed by atoms with Gasteiger partial charge in [-0.2, -0.15) is 0 Å². The number of hydrogen-bond acceptors (Lipinski definition) is 16. The molecule has 2 amide bonds. The number of ketones is 1. The number of rotatable bonds is 12. The fourth-order valence-corrected chi connectivity index (χ4v) is 8.21. The Labute approximate surface area is 271 Å². The third-order valence-corrected chi connectivity index (χ3v) is 11.0. The average Bonchev–Trinajstić information content (AvgIpc) is 3.60. The molecule has 5 aliphatic rings. The van der Waals surface area contributed by atoms with Gasteiger partial charge in [-0.15, -0.1) is 11.8 Å². The van der Waals surface area contributed by atoms with Gasteiger partial charge in [0.05, 0.1) is 43.3 Å². The van der Waals surface area contributed by atoms with Crippen molar-refractivity contribution < 1.29 is 58.0 Å². The van der Waals surface area contributed by atoms with E-state index < -0.39 is 87.1 Å². The summed E-state index contributed by atoms with van der Waals surface area (Å²) in [7, 11) is -2.65. The van der Waals surface area contributed by atoms with Crippen molar-refractivity contribution in [1.82, 2.24) is 20.9 Å². The number of carbonyl (C=O) groups is 3. The van der Waals surface area contributed by atoms with E-state index in [1.807, 2.05) is 4.90 Å². The molecule has 5 aliphatic heterocycles. The quantitative estimate of drug-likeness (QED) is 0.102. The number of thioether (sulfide) groups is 1. The van der Waals surface area contributed by atoms with Crippen LogP contribution in [-0.4, -0.2) is 183 Å². The molecule has 0 aliphatic carbocycles. The molecule has 0 radical (unpaired) electrons. The molecule has 4 bridgehead atoms. The molecule has 0 aromatic rings. The molecule has 19 heteroatoms. The number of Topliss-reactive ketones (excluding diaryl/α,β-unsaturated/α-hetero) is 1. The first-order valence-electron chi connectivity index (χ1n) is 15.2. The monoisotopic (exact) mass is 695 g/mol. The number of nitrogens with one attached hydrogen (secondary N) is 3. The maximum atomic E-state index is 13.3. The molecule has 0 aromatic carbocycles. The van der Waals surface area contributed by atoms with E-state index in [1.165, 1.54) is 19.4 Å². The Morgan fingerprint density at radius 1 is 0.978 bits per heavy atom. The molecule has 0 spiro atoms. The second-order valence-electron chi connectivity index (χ2n) is 12.8. The van der Waals surface area contributed by atoms with Gasteiger partial charge in [0.25, 0.3) is 0 Å². The van der Waals surface area contributed by atoms with E-state index in [-0.39, 0.29) is 44.3 Å². The van der Waals surface area contributed by atoms with Gasteiger partial charge in [-0.3, -0.25) is 23.5 Å². The zero-order chi connectivity index (χ0) is 33.4. The molecule has 0 saturated carbocycles. The number of ether oxygens (including phenoxy) is 4. The van der Waals surface area contributed by atoms with Gasteiger partial charge in [0.1, 0.15) is 47.4 Å². The second-order valence-corrected chi connectivity index (χ2v) is 16.6. The lowest BCUT2D eigenvalue weighted by atomic mass is 9.87. The molecule has 7 N–H and O–H groups in total. The van der Waals surface area contributed by atoms with Crippen LogP contribution in [0.2, 0.25) is 0 Å². The predicted octanol–water partition coefficient (Wildman–Crippen LogP) is -4.64. The van der Waals surface area contributed by atoms with E-state index in [4.69, 9.17) is 18.9 Å². The molecule has 5 heterocycles. The highest BCUT2D eigenvalue weighted by molar-refractivity contribution is 8.01. The number of piperazine rings is 1. The normalized spacial score (nSPS) is 39.9. The lowest BCUT2D eigenvalue weighted by Gasteiger charge is -2.47. The molecule has 17 nitrogen and oxygen atoms in total. The number of fused-ring (bicyclic) bond motifs is 4. The van der Waals surface area contributed by atoms with E-state index in [0.717, 1.165) is 24.9 Å². The standard InChI is InChI=1S/C27H45N5O12S2/c1-14(33)9-45-15(23(39)30-11-27-12-41-24(43-27)17(19(35)21(27)37)31-46(2,3)40)8-16(34)29-10-26-13-42-25(44-26)18(20(36)22(26)38)32-6-4-28-5-7-32/h15,17-22,24-25,28,35-38H,4-13H2,1-3H3,(H,29,34)(H,30,39)/t15?,17?,18-,19-,20-,21-,22-,24+,25+,26+,27+/m1/s1. The summed E-state index contributed by atoms with van der Waals surface area (Å²) in [5, 5.41) is 51.2. The van der Waals surface area contributed by atoms with Gasteiger partial charge in [0, 0.05) is 54.8 Å². The summed E-state index contributed by atoms with van der Waals surface area (Å²) in [6, 6.07) is -1.65. The molecule has 262 valence electrons. The van der Waals surface area contributed by atoms with Gasteiger partial charge >= 0.3 is 0 Å². The van der Waals surface area contributed by atoms with Crippen molar-refractivity contribution in [1.29, 1.82) is 0 Å². The third kappa shape index (κ3) is 7.55. The third-order valence-electron chi connectivity index (χ3n) is 8.91. The number of hydrogen-bond donors (Lipinski definition) is 7. The summed E-state index contributed by atoms with van der Waals surface area (Å²) in [6.45, 7) is 3.41. The van der Waals surface area contributed by atoms with Crippen molar-refractivity contribution in [2.24, 2.45) is 4.36 Å². The highest BCUT2D eigenvalue weighted by atomic mass is 32.2. The van der Waals surface area contributed by atoms with Crippen LogP contribution in [0.3, 0.4) is 0 Å². The van der Waals surface area contributed by atoms with Crippen LogP contribution in [0.1, 0.15) is 13.3 Å². The molecule has 5 fully saturated rings. The van der Waals surface area contributed by atoms with E-state index >= 15 is 0 Å². The highest BCUT2D eigenvalue weighted by Crippen LogP contribution is 2.40. The molecule has 46 heavy (non-hydrogen) atoms. The topological polar surface area (TPSA) is 238 Å². The summed E-state index contributed by atoms with van der Waals surface area (Å²) in [4.78, 5) is 40.1. The Morgan fingerprint density at radius 3 is 2.20 bits per heavy atom. The van der Waals surface area contributed by atoms with Gasteiger partial charge in [-0.05, 0) is 6.92 Å². The molecule has 5 rings (SSSR count). The first-order chi connectivity index (χ1) is 21.6. The summed E-state index contributed by atoms with van der Waals surface area (Å²) in [5.74, 6) is -1.44. The van der Waals surface area contributed by atoms with Gasteiger partial charge < -0.3 is 55.3 Å². The summed E-state index contributed by atoms with van der Waals surface area (Å²) in [6.07, 6.45) is -4.96. The lowest BCUT2D eigenvalue weighted by Crippen LogP contribution is -2.69. The second kappa shape index (κ2) is 14.2. The molecule has 5 saturated heterocycles. The molecule has 11 atom stereocenters. The minimum Gasteiger partial charge on any atom is -0.388 e. The van der Waals surface area contributed by atoms with Crippen LogP contribution in [0.5, 0.6) is 0 Å². The summed E-state index contributed by atoms with van der Waals surface area (Å²) in [5.41, 5.74) is -2.89. The molecular formula is C27H45N5O12S2. The zero-order valence-corrected chi connectivity index (χ0v) is 27.7. The maximum Gasteiger partial charge on any atom is 0.233 e. The molecule has 2 unspecified atom stereocenters. The SMILES string of the molecule is CC(=O)CSC(CC(=O)NC[C@@]12CO[C@@H](O1)[C@H](N1CCNCC1)[C@@H](O)[C@H]2O)C(=O)NC[C@@]12CO[C@@H](O1)C(N=S(C)(C)=O)[C@@H](O)[C@H]2O. The van der Waals surface area contributed by atoms with Crippen LogP contribution in [0, 0.1) is 0 Å². The van der Waals surface area contributed by atoms with E-state index in [9.17, 15) is 39.0 Å². The predicted molar refractivity (Wildman–Crippen MR) is 163 cm³/mol. The average molecular weight is 696 g/mol. The summed E-state index contributed by atoms with van der Waals surface area (Å²) < 4.78 is 39.6. The van der Waals surface area contributed by atoms with Gasteiger partial charge in [-0.1, -0.05) is 0 Å². The minimum atomic E-state index is -2.65. The lowest BCUT2D eigenvalue weighted by molar-refractivity contribution is -0.243. The van der Waals surface area contributed by atoms with Crippen LogP contribution in [0.15, 0.2) is 4.36 Å². The van der Waals surface area contributed by atoms with Crippen molar-refractivity contribution >= 4 is 39.1 Å². The molecule has 0 aromatic heterocycles. The first kappa shape index (κ1) is 35.8. The van der Waals surface area contributed by atoms with Crippen molar-refractivity contribution in [3.8, 4) is 0 Å². The van der Waals surface area contributed by atoms with Gasteiger partial charge in [-0.25, -0.2) is 4.36 Å². The van der Waals surface area contributed by atoms with E-state index in [2.05, 4.69) is 20.3 Å². The number of aliphatic hydroxyl groups excluding tert-OH is 4. The van der Waals surface area contributed by atoms with Crippen molar-refractivity contribution in [3.63, 3.8) is 0 Å². The number of aliphatic hydroxyl groups is 4. The Hall–Kier alpha value is -1.49. The number of nitrogens with zero attached hydrogens (tertiary/aromatic N) is 2. The van der Waals surface area contributed by atoms with Gasteiger partial charge in [0.15, 0.2) is 12.6 Å². The number of amides is 2. The van der Waals surface area contributed by atoms with Crippen LogP contribution < -0.4 is 16.0 Å². The Bertz CT molecular complexity index is 1270. The Morgan fingerprint density at radius 2 is 1.57 bits per heavy atom. The van der Waals surface area contributed by atoms with Crippen molar-refractivity contribution in [3.05, 3.63) is 0 Å². The Kier molecular flexibility index (Phi) is 11.0. The Balaban J connectivity index is 1.18. The first-order valence-corrected chi connectivity index (χ1v) is 18.6. The highest BCUT2D eigenvalue weighted by Gasteiger charge is 2.61. The van der Waals surface area contributed by atoms with Crippen LogP contribution in [-0.2, 0) is 43.1 Å². The molecular weight excluding hydrogens is 650 g/mol. The van der Waals surface area contributed by atoms with Crippen LogP contribution >= 0.6 is 11.8 Å².